The van der Waals surface area contributed by atoms with Crippen LogP contribution < -0.4 is 0 Å². The molecule has 0 aliphatic heterocycles. The zero-order valence-corrected chi connectivity index (χ0v) is 10.7. The van der Waals surface area contributed by atoms with Gasteiger partial charge in [0.05, 0.1) is 5.52 Å². The monoisotopic (exact) mass is 225 g/mol. The molecule has 0 saturated heterocycles. The zero-order valence-electron chi connectivity index (χ0n) is 10.7. The number of rotatable bonds is 1. The molecule has 1 nitrogen and oxygen atoms in total. The van der Waals surface area contributed by atoms with Crippen molar-refractivity contribution in [3.8, 4) is 0 Å². The van der Waals surface area contributed by atoms with E-state index >= 15 is 0 Å². The first-order valence-corrected chi connectivity index (χ1v) is 6.67. The average Bonchev–Trinajstić information content (AvgIpc) is 2.35. The van der Waals surface area contributed by atoms with Gasteiger partial charge in [-0.1, -0.05) is 26.0 Å². The van der Waals surface area contributed by atoms with Gasteiger partial charge in [-0.25, -0.2) is 0 Å². The van der Waals surface area contributed by atoms with Gasteiger partial charge in [0.15, 0.2) is 0 Å². The first-order valence-electron chi connectivity index (χ1n) is 6.67. The third kappa shape index (κ3) is 1.84. The Morgan fingerprint density at radius 3 is 2.76 bits per heavy atom. The van der Waals surface area contributed by atoms with Crippen LogP contribution in [0.25, 0.3) is 10.9 Å². The molecule has 1 aliphatic carbocycles. The summed E-state index contributed by atoms with van der Waals surface area (Å²) in [6.07, 6.45) is 5.00. The van der Waals surface area contributed by atoms with Crippen molar-refractivity contribution in [2.75, 3.05) is 0 Å². The maximum absolute atomic E-state index is 4.86. The van der Waals surface area contributed by atoms with E-state index in [0.717, 1.165) is 6.42 Å². The summed E-state index contributed by atoms with van der Waals surface area (Å²) in [5.74, 6) is 0.571. The van der Waals surface area contributed by atoms with Gasteiger partial charge in [-0.2, -0.15) is 0 Å². The van der Waals surface area contributed by atoms with Crippen LogP contribution in [0.4, 0.5) is 0 Å². The highest BCUT2D eigenvalue weighted by Crippen LogP contribution is 2.29. The number of nitrogens with zero attached hydrogens (tertiary/aromatic N) is 1. The summed E-state index contributed by atoms with van der Waals surface area (Å²) in [4.78, 5) is 4.86. The second kappa shape index (κ2) is 4.14. The van der Waals surface area contributed by atoms with Gasteiger partial charge < -0.3 is 0 Å². The summed E-state index contributed by atoms with van der Waals surface area (Å²) in [6, 6.07) is 8.92. The first kappa shape index (κ1) is 10.8. The molecule has 0 unspecified atom stereocenters. The number of aryl methyl sites for hydroxylation is 2. The summed E-state index contributed by atoms with van der Waals surface area (Å²) in [7, 11) is 0. The van der Waals surface area contributed by atoms with E-state index in [4.69, 9.17) is 4.98 Å². The van der Waals surface area contributed by atoms with Gasteiger partial charge in [-0.3, -0.25) is 4.98 Å². The van der Waals surface area contributed by atoms with E-state index in [2.05, 4.69) is 38.1 Å². The quantitative estimate of drug-likeness (QED) is 0.707. The number of fused-ring (bicyclic) bond motifs is 2. The fourth-order valence-corrected chi connectivity index (χ4v) is 2.84. The van der Waals surface area contributed by atoms with Crippen molar-refractivity contribution in [2.45, 2.75) is 45.4 Å². The summed E-state index contributed by atoms with van der Waals surface area (Å²) >= 11 is 0. The highest BCUT2D eigenvalue weighted by Gasteiger charge is 2.13. The molecule has 0 saturated carbocycles. The smallest absolute Gasteiger partial charge is 0.0708 e. The summed E-state index contributed by atoms with van der Waals surface area (Å²) in [5.41, 5.74) is 5.43. The standard InChI is InChI=1S/C16H19N/c1-11(2)13-7-5-9-16-14(13)10-12-6-3-4-8-15(12)17-16/h5,7,9-11H,3-4,6,8H2,1-2H3. The van der Waals surface area contributed by atoms with Crippen LogP contribution >= 0.6 is 0 Å². The van der Waals surface area contributed by atoms with Gasteiger partial charge in [0.25, 0.3) is 0 Å². The van der Waals surface area contributed by atoms with E-state index in [-0.39, 0.29) is 0 Å². The van der Waals surface area contributed by atoms with Crippen molar-refractivity contribution in [2.24, 2.45) is 0 Å². The number of aromatic nitrogens is 1. The minimum atomic E-state index is 0.571. The maximum atomic E-state index is 4.86. The van der Waals surface area contributed by atoms with Crippen molar-refractivity contribution >= 4 is 10.9 Å². The normalized spacial score (nSPS) is 15.2. The molecule has 0 radical (unpaired) electrons. The van der Waals surface area contributed by atoms with Crippen LogP contribution in [0.2, 0.25) is 0 Å². The van der Waals surface area contributed by atoms with E-state index in [1.807, 2.05) is 0 Å². The van der Waals surface area contributed by atoms with Crippen LogP contribution in [0.1, 0.15) is 49.4 Å². The maximum Gasteiger partial charge on any atom is 0.0708 e. The number of benzene rings is 1. The molecule has 0 N–H and O–H groups in total. The Balaban J connectivity index is 2.26. The first-order chi connectivity index (χ1) is 8.25. The molecule has 2 aromatic rings. The SMILES string of the molecule is CC(C)c1cccc2nc3c(cc12)CCCC3. The molecule has 0 spiro atoms. The van der Waals surface area contributed by atoms with Crippen LogP contribution in [0.3, 0.4) is 0 Å². The Kier molecular flexibility index (Phi) is 2.62. The van der Waals surface area contributed by atoms with Gasteiger partial charge in [0.2, 0.25) is 0 Å². The number of hydrogen-bond donors (Lipinski definition) is 0. The molecule has 0 bridgehead atoms. The molecule has 0 fully saturated rings. The highest BCUT2D eigenvalue weighted by molar-refractivity contribution is 5.83. The predicted molar refractivity (Wildman–Crippen MR) is 72.5 cm³/mol. The van der Waals surface area contributed by atoms with Crippen LogP contribution in [0.5, 0.6) is 0 Å². The van der Waals surface area contributed by atoms with Gasteiger partial charge in [0.1, 0.15) is 0 Å². The molecule has 0 atom stereocenters. The van der Waals surface area contributed by atoms with Gasteiger partial charge in [-0.15, -0.1) is 0 Å². The van der Waals surface area contributed by atoms with Crippen molar-refractivity contribution in [3.05, 3.63) is 41.1 Å². The summed E-state index contributed by atoms with van der Waals surface area (Å²) in [5, 5.41) is 1.36. The van der Waals surface area contributed by atoms with Crippen molar-refractivity contribution in [3.63, 3.8) is 0 Å². The minimum Gasteiger partial charge on any atom is -0.253 e. The van der Waals surface area contributed by atoms with E-state index in [9.17, 15) is 0 Å². The molecule has 1 heteroatoms. The molecule has 3 rings (SSSR count). The fraction of sp³-hybridized carbons (Fsp3) is 0.438. The van der Waals surface area contributed by atoms with E-state index in [1.54, 1.807) is 0 Å². The van der Waals surface area contributed by atoms with Crippen LogP contribution in [0.15, 0.2) is 24.3 Å². The molecular formula is C16H19N. The van der Waals surface area contributed by atoms with Crippen LogP contribution in [-0.2, 0) is 12.8 Å². The Morgan fingerprint density at radius 2 is 1.94 bits per heavy atom. The Morgan fingerprint density at radius 1 is 1.12 bits per heavy atom. The van der Waals surface area contributed by atoms with Gasteiger partial charge in [0, 0.05) is 11.1 Å². The van der Waals surface area contributed by atoms with Crippen molar-refractivity contribution in [1.29, 1.82) is 0 Å². The molecule has 17 heavy (non-hydrogen) atoms. The number of pyridine rings is 1. The third-order valence-electron chi connectivity index (χ3n) is 3.79. The fourth-order valence-electron chi connectivity index (χ4n) is 2.84. The minimum absolute atomic E-state index is 0.571. The lowest BCUT2D eigenvalue weighted by atomic mass is 9.91. The molecule has 0 amide bonds. The summed E-state index contributed by atoms with van der Waals surface area (Å²) in [6.45, 7) is 4.52. The second-order valence-corrected chi connectivity index (χ2v) is 5.37. The Hall–Kier alpha value is -1.37. The van der Waals surface area contributed by atoms with E-state index < -0.39 is 0 Å². The third-order valence-corrected chi connectivity index (χ3v) is 3.79. The number of hydrogen-bond acceptors (Lipinski definition) is 1. The molecule has 1 aromatic carbocycles. The van der Waals surface area contributed by atoms with Gasteiger partial charge >= 0.3 is 0 Å². The van der Waals surface area contributed by atoms with Crippen LogP contribution in [0, 0.1) is 0 Å². The predicted octanol–water partition coefficient (Wildman–Crippen LogP) is 4.24. The van der Waals surface area contributed by atoms with Crippen molar-refractivity contribution in [1.82, 2.24) is 4.98 Å². The zero-order chi connectivity index (χ0) is 11.8. The topological polar surface area (TPSA) is 12.9 Å². The largest absolute Gasteiger partial charge is 0.253 e. The average molecular weight is 225 g/mol. The van der Waals surface area contributed by atoms with E-state index in [0.29, 0.717) is 5.92 Å². The van der Waals surface area contributed by atoms with E-state index in [1.165, 1.54) is 47.0 Å². The molecule has 1 heterocycles. The Bertz CT molecular complexity index is 555. The molecule has 1 aliphatic rings. The molecular weight excluding hydrogens is 206 g/mol. The lowest BCUT2D eigenvalue weighted by Crippen LogP contribution is -2.06. The lowest BCUT2D eigenvalue weighted by Gasteiger charge is -2.17. The van der Waals surface area contributed by atoms with Crippen molar-refractivity contribution < 1.29 is 0 Å². The van der Waals surface area contributed by atoms with Gasteiger partial charge in [-0.05, 0) is 54.9 Å². The van der Waals surface area contributed by atoms with Crippen LogP contribution in [-0.4, -0.2) is 4.98 Å². The molecule has 88 valence electrons. The lowest BCUT2D eigenvalue weighted by molar-refractivity contribution is 0.671. The highest BCUT2D eigenvalue weighted by atomic mass is 14.7. The summed E-state index contributed by atoms with van der Waals surface area (Å²) < 4.78 is 0. The second-order valence-electron chi connectivity index (χ2n) is 5.37. The Labute approximate surface area is 103 Å². The molecule has 1 aromatic heterocycles.